The lowest BCUT2D eigenvalue weighted by molar-refractivity contribution is -0.124. The molecule has 1 saturated heterocycles. The largest absolute Gasteiger partial charge is 0.454 e. The van der Waals surface area contributed by atoms with E-state index in [1.165, 1.54) is 4.90 Å². The Bertz CT molecular complexity index is 1240. The number of rotatable bonds is 6. The average molecular weight is 457 g/mol. The van der Waals surface area contributed by atoms with Crippen LogP contribution in [0, 0.1) is 6.92 Å². The van der Waals surface area contributed by atoms with Crippen molar-refractivity contribution in [2.24, 2.45) is 0 Å². The number of urea groups is 1. The van der Waals surface area contributed by atoms with Gasteiger partial charge in [-0.25, -0.2) is 9.69 Å². The van der Waals surface area contributed by atoms with Crippen LogP contribution in [0.25, 0.3) is 0 Å². The zero-order valence-electron chi connectivity index (χ0n) is 18.6. The van der Waals surface area contributed by atoms with Crippen LogP contribution >= 0.6 is 0 Å². The number of anilines is 2. The molecule has 2 aliphatic rings. The van der Waals surface area contributed by atoms with Gasteiger partial charge in [0.15, 0.2) is 11.5 Å². The summed E-state index contributed by atoms with van der Waals surface area (Å²) < 4.78 is 10.8. The number of nitrogens with zero attached hydrogens (tertiary/aromatic N) is 2. The lowest BCUT2D eigenvalue weighted by atomic mass is 10.1. The highest BCUT2D eigenvalue weighted by Gasteiger charge is 2.46. The molecule has 0 aliphatic carbocycles. The second-order valence-electron chi connectivity index (χ2n) is 8.24. The molecule has 8 heteroatoms. The fourth-order valence-corrected chi connectivity index (χ4v) is 4.09. The smallest absolute Gasteiger partial charge is 0.332 e. The van der Waals surface area contributed by atoms with Crippen LogP contribution in [0.5, 0.6) is 11.5 Å². The van der Waals surface area contributed by atoms with E-state index in [-0.39, 0.29) is 25.7 Å². The number of imide groups is 1. The number of amides is 4. The molecular weight excluding hydrogens is 434 g/mol. The van der Waals surface area contributed by atoms with Gasteiger partial charge in [0.25, 0.3) is 5.91 Å². The molecular formula is C26H23N3O5. The van der Waals surface area contributed by atoms with E-state index in [0.29, 0.717) is 22.9 Å². The number of carbonyl (C=O) groups excluding carboxylic acids is 3. The van der Waals surface area contributed by atoms with Crippen LogP contribution in [0.15, 0.2) is 72.8 Å². The standard InChI is InChI=1S/C26H23N3O5/c1-17-7-10-20(11-8-17)29-25(31)21(14-24(30)27-19-5-3-2-4-6-19)28(26(29)32)15-18-9-12-22-23(13-18)34-16-33-22/h2-13,21H,14-16H2,1H3,(H,27,30). The summed E-state index contributed by atoms with van der Waals surface area (Å²) in [5.41, 5.74) is 2.88. The summed E-state index contributed by atoms with van der Waals surface area (Å²) >= 11 is 0. The summed E-state index contributed by atoms with van der Waals surface area (Å²) in [7, 11) is 0. The van der Waals surface area contributed by atoms with Crippen LogP contribution in [-0.4, -0.2) is 35.6 Å². The molecule has 5 rings (SSSR count). The first-order valence-corrected chi connectivity index (χ1v) is 10.9. The van der Waals surface area contributed by atoms with Crippen LogP contribution < -0.4 is 19.7 Å². The number of aryl methyl sites for hydroxylation is 1. The van der Waals surface area contributed by atoms with Crippen molar-refractivity contribution >= 4 is 29.2 Å². The van der Waals surface area contributed by atoms with Crippen molar-refractivity contribution in [1.29, 1.82) is 0 Å². The van der Waals surface area contributed by atoms with Gasteiger partial charge in [-0.05, 0) is 48.9 Å². The number of carbonyl (C=O) groups is 3. The zero-order chi connectivity index (χ0) is 23.7. The number of ether oxygens (including phenoxy) is 2. The van der Waals surface area contributed by atoms with Gasteiger partial charge >= 0.3 is 6.03 Å². The Hall–Kier alpha value is -4.33. The predicted molar refractivity (Wildman–Crippen MR) is 126 cm³/mol. The minimum Gasteiger partial charge on any atom is -0.454 e. The summed E-state index contributed by atoms with van der Waals surface area (Å²) in [6, 6.07) is 20.1. The molecule has 1 fully saturated rings. The van der Waals surface area contributed by atoms with Gasteiger partial charge in [-0.2, -0.15) is 0 Å². The molecule has 0 bridgehead atoms. The van der Waals surface area contributed by atoms with E-state index in [1.54, 1.807) is 36.4 Å². The lowest BCUT2D eigenvalue weighted by Crippen LogP contribution is -2.37. The Morgan fingerprint density at radius 1 is 0.971 bits per heavy atom. The molecule has 1 atom stereocenters. The highest BCUT2D eigenvalue weighted by atomic mass is 16.7. The lowest BCUT2D eigenvalue weighted by Gasteiger charge is -2.22. The van der Waals surface area contributed by atoms with Crippen LogP contribution in [0.1, 0.15) is 17.5 Å². The number of nitrogens with one attached hydrogen (secondary N) is 1. The molecule has 3 aromatic carbocycles. The molecule has 0 spiro atoms. The molecule has 0 aromatic heterocycles. The van der Waals surface area contributed by atoms with Crippen molar-refractivity contribution in [3.63, 3.8) is 0 Å². The predicted octanol–water partition coefficient (Wildman–Crippen LogP) is 4.09. The number of para-hydroxylation sites is 1. The van der Waals surface area contributed by atoms with E-state index in [2.05, 4.69) is 5.32 Å². The Balaban J connectivity index is 1.42. The van der Waals surface area contributed by atoms with Gasteiger partial charge in [-0.3, -0.25) is 9.59 Å². The normalized spacial score (nSPS) is 16.8. The second-order valence-corrected chi connectivity index (χ2v) is 8.24. The van der Waals surface area contributed by atoms with Crippen LogP contribution in [0.2, 0.25) is 0 Å². The van der Waals surface area contributed by atoms with Crippen molar-refractivity contribution in [2.45, 2.75) is 25.9 Å². The first kappa shape index (κ1) is 21.5. The van der Waals surface area contributed by atoms with Crippen molar-refractivity contribution in [3.05, 3.63) is 83.9 Å². The van der Waals surface area contributed by atoms with Crippen molar-refractivity contribution < 1.29 is 23.9 Å². The van der Waals surface area contributed by atoms with Gasteiger partial charge in [0.2, 0.25) is 12.7 Å². The number of fused-ring (bicyclic) bond motifs is 1. The highest BCUT2D eigenvalue weighted by Crippen LogP contribution is 2.34. The molecule has 2 heterocycles. The Morgan fingerprint density at radius 2 is 1.71 bits per heavy atom. The second kappa shape index (κ2) is 8.90. The maximum Gasteiger partial charge on any atom is 0.332 e. The van der Waals surface area contributed by atoms with E-state index >= 15 is 0 Å². The SMILES string of the molecule is Cc1ccc(N2C(=O)C(CC(=O)Nc3ccccc3)N(Cc3ccc4c(c3)OCO4)C2=O)cc1. The summed E-state index contributed by atoms with van der Waals surface area (Å²) in [6.07, 6.45) is -0.160. The molecule has 0 saturated carbocycles. The maximum atomic E-state index is 13.4. The Morgan fingerprint density at radius 3 is 2.47 bits per heavy atom. The Kier molecular flexibility index (Phi) is 5.63. The average Bonchev–Trinajstić information content (AvgIpc) is 3.39. The van der Waals surface area contributed by atoms with Gasteiger partial charge in [-0.15, -0.1) is 0 Å². The summed E-state index contributed by atoms with van der Waals surface area (Å²) in [5, 5.41) is 2.80. The molecule has 34 heavy (non-hydrogen) atoms. The summed E-state index contributed by atoms with van der Waals surface area (Å²) in [5.74, 6) is 0.438. The first-order valence-electron chi connectivity index (χ1n) is 10.9. The van der Waals surface area contributed by atoms with Gasteiger partial charge in [0, 0.05) is 12.2 Å². The molecule has 4 amide bonds. The fraction of sp³-hybridized carbons (Fsp3) is 0.192. The molecule has 1 unspecified atom stereocenters. The van der Waals surface area contributed by atoms with Gasteiger partial charge in [0.1, 0.15) is 6.04 Å². The topological polar surface area (TPSA) is 88.2 Å². The molecule has 1 N–H and O–H groups in total. The molecule has 0 radical (unpaired) electrons. The van der Waals surface area contributed by atoms with Crippen LogP contribution in [-0.2, 0) is 16.1 Å². The van der Waals surface area contributed by atoms with Gasteiger partial charge in [0.05, 0.1) is 12.1 Å². The van der Waals surface area contributed by atoms with E-state index in [0.717, 1.165) is 16.0 Å². The third-order valence-electron chi connectivity index (χ3n) is 5.84. The quantitative estimate of drug-likeness (QED) is 0.564. The zero-order valence-corrected chi connectivity index (χ0v) is 18.6. The molecule has 3 aromatic rings. The highest BCUT2D eigenvalue weighted by molar-refractivity contribution is 6.22. The molecule has 2 aliphatic heterocycles. The molecule has 172 valence electrons. The van der Waals surface area contributed by atoms with Gasteiger partial charge in [-0.1, -0.05) is 42.0 Å². The number of benzene rings is 3. The third kappa shape index (κ3) is 4.17. The number of hydrogen-bond acceptors (Lipinski definition) is 5. The monoisotopic (exact) mass is 457 g/mol. The molecule has 8 nitrogen and oxygen atoms in total. The maximum absolute atomic E-state index is 13.4. The minimum absolute atomic E-state index is 0.142. The Labute approximate surface area is 196 Å². The van der Waals surface area contributed by atoms with Gasteiger partial charge < -0.3 is 19.7 Å². The minimum atomic E-state index is -0.942. The van der Waals surface area contributed by atoms with Crippen molar-refractivity contribution in [1.82, 2.24) is 4.90 Å². The third-order valence-corrected chi connectivity index (χ3v) is 5.84. The van der Waals surface area contributed by atoms with E-state index in [9.17, 15) is 14.4 Å². The fourth-order valence-electron chi connectivity index (χ4n) is 4.09. The van der Waals surface area contributed by atoms with Crippen molar-refractivity contribution in [3.8, 4) is 11.5 Å². The van der Waals surface area contributed by atoms with Crippen LogP contribution in [0.4, 0.5) is 16.2 Å². The summed E-state index contributed by atoms with van der Waals surface area (Å²) in [6.45, 7) is 2.22. The van der Waals surface area contributed by atoms with E-state index in [4.69, 9.17) is 9.47 Å². The first-order chi connectivity index (χ1) is 16.5. The van der Waals surface area contributed by atoms with E-state index in [1.807, 2.05) is 43.3 Å². The van der Waals surface area contributed by atoms with E-state index < -0.39 is 18.0 Å². The number of hydrogen-bond donors (Lipinski definition) is 1. The van der Waals surface area contributed by atoms with Crippen molar-refractivity contribution in [2.75, 3.05) is 17.0 Å². The van der Waals surface area contributed by atoms with Crippen LogP contribution in [0.3, 0.4) is 0 Å². The summed E-state index contributed by atoms with van der Waals surface area (Å²) in [4.78, 5) is 42.2.